The molecule has 2 aromatic carbocycles. The van der Waals surface area contributed by atoms with E-state index in [4.69, 9.17) is 5.14 Å². The highest BCUT2D eigenvalue weighted by atomic mass is 32.2. The van der Waals surface area contributed by atoms with Gasteiger partial charge in [-0.3, -0.25) is 0 Å². The summed E-state index contributed by atoms with van der Waals surface area (Å²) in [6, 6.07) is 8.73. The van der Waals surface area contributed by atoms with E-state index in [2.05, 4.69) is 15.7 Å². The van der Waals surface area contributed by atoms with E-state index in [1.165, 1.54) is 22.3 Å². The third-order valence-electron chi connectivity index (χ3n) is 5.45. The van der Waals surface area contributed by atoms with Gasteiger partial charge in [0.25, 0.3) is 0 Å². The number of hydrogen-bond acceptors (Lipinski definition) is 3. The lowest BCUT2D eigenvalue weighted by molar-refractivity contribution is 0.260. The van der Waals surface area contributed by atoms with Crippen LogP contribution in [0, 0.1) is 0 Å². The number of nitrogens with two attached hydrogens (primary N) is 1. The first kappa shape index (κ1) is 19.1. The van der Waals surface area contributed by atoms with Crippen molar-refractivity contribution in [3.05, 3.63) is 58.1 Å². The number of urea groups is 1. The first-order valence-electron chi connectivity index (χ1n) is 9.59. The number of rotatable bonds is 4. The minimum Gasteiger partial charge on any atom is -0.305 e. The zero-order valence-electron chi connectivity index (χ0n) is 16.3. The largest absolute Gasteiger partial charge is 0.354 e. The Morgan fingerprint density at radius 3 is 2.43 bits per heavy atom. The Balaban J connectivity index is 1.58. The van der Waals surface area contributed by atoms with Crippen molar-refractivity contribution in [3.63, 3.8) is 0 Å². The van der Waals surface area contributed by atoms with Crippen LogP contribution in [0.4, 0.5) is 10.5 Å². The number of anilines is 1. The molecule has 0 saturated heterocycles. The van der Waals surface area contributed by atoms with Gasteiger partial charge in [0.05, 0.1) is 4.90 Å². The molecule has 0 bridgehead atoms. The van der Waals surface area contributed by atoms with E-state index in [0.29, 0.717) is 4.90 Å². The maximum absolute atomic E-state index is 12.9. The van der Waals surface area contributed by atoms with Gasteiger partial charge in [0.15, 0.2) is 0 Å². The Kier molecular flexibility index (Phi) is 4.99. The monoisotopic (exact) mass is 398 g/mol. The molecule has 0 radical (unpaired) electrons. The van der Waals surface area contributed by atoms with E-state index in [1.807, 2.05) is 31.1 Å². The minimum absolute atomic E-state index is 0.358. The predicted molar refractivity (Wildman–Crippen MR) is 112 cm³/mol. The normalized spacial score (nSPS) is 16.7. The average Bonchev–Trinajstić information content (AvgIpc) is 3.05. The van der Waals surface area contributed by atoms with E-state index in [9.17, 15) is 9.00 Å². The van der Waals surface area contributed by atoms with Crippen LogP contribution in [0.1, 0.15) is 34.2 Å². The van der Waals surface area contributed by atoms with Crippen molar-refractivity contribution in [2.75, 3.05) is 19.4 Å². The minimum atomic E-state index is -3.29. The Hall–Kier alpha value is -2.22. The van der Waals surface area contributed by atoms with Crippen molar-refractivity contribution in [3.8, 4) is 0 Å². The number of carbonyl (C=O) groups is 1. The fourth-order valence-electron chi connectivity index (χ4n) is 4.06. The standard InChI is InChI=1S/C21H26N4O2S/c1-25(2)13-14-6-9-17(10-7-14)28(22,27)24-21(26)23-20-18-5-3-4-15(18)12-16-8-11-19(16)20/h6-7,9-10,12H,3-5,8,11,13H2,1-2H3,(H3,22,23,24,26,27)/t28-/m1/s1. The zero-order chi connectivity index (χ0) is 19.9. The number of amides is 2. The van der Waals surface area contributed by atoms with Crippen LogP contribution in [0.25, 0.3) is 0 Å². The summed E-state index contributed by atoms with van der Waals surface area (Å²) in [5.74, 6) is 0. The molecule has 28 heavy (non-hydrogen) atoms. The summed E-state index contributed by atoms with van der Waals surface area (Å²) >= 11 is 0. The maximum Gasteiger partial charge on any atom is 0.354 e. The first-order chi connectivity index (χ1) is 13.3. The fraction of sp³-hybridized carbons (Fsp3) is 0.381. The van der Waals surface area contributed by atoms with Gasteiger partial charge in [-0.15, -0.1) is 4.36 Å². The van der Waals surface area contributed by atoms with Gasteiger partial charge in [-0.2, -0.15) is 0 Å². The third kappa shape index (κ3) is 3.70. The summed E-state index contributed by atoms with van der Waals surface area (Å²) in [5, 5.41) is 8.82. The van der Waals surface area contributed by atoms with E-state index in [-0.39, 0.29) is 0 Å². The summed E-state index contributed by atoms with van der Waals surface area (Å²) in [7, 11) is 0.667. The Morgan fingerprint density at radius 2 is 1.79 bits per heavy atom. The summed E-state index contributed by atoms with van der Waals surface area (Å²) in [5.41, 5.74) is 6.98. The lowest BCUT2D eigenvalue weighted by Crippen LogP contribution is -2.21. The molecule has 0 spiro atoms. The molecule has 6 nitrogen and oxygen atoms in total. The van der Waals surface area contributed by atoms with E-state index >= 15 is 0 Å². The number of fused-ring (bicyclic) bond motifs is 2. The summed E-state index contributed by atoms with van der Waals surface area (Å²) in [6.45, 7) is 0.772. The van der Waals surface area contributed by atoms with Crippen molar-refractivity contribution >= 4 is 21.6 Å². The van der Waals surface area contributed by atoms with Gasteiger partial charge >= 0.3 is 6.03 Å². The van der Waals surface area contributed by atoms with Gasteiger partial charge in [0, 0.05) is 12.2 Å². The number of nitrogens with one attached hydrogen (secondary N) is 1. The smallest absolute Gasteiger partial charge is 0.305 e. The molecular weight excluding hydrogens is 372 g/mol. The van der Waals surface area contributed by atoms with E-state index in [1.54, 1.807) is 12.1 Å². The van der Waals surface area contributed by atoms with Crippen LogP contribution in [-0.4, -0.2) is 29.2 Å². The van der Waals surface area contributed by atoms with Crippen molar-refractivity contribution < 1.29 is 9.00 Å². The molecule has 1 atom stereocenters. The second-order valence-electron chi connectivity index (χ2n) is 7.85. The molecule has 0 heterocycles. The third-order valence-corrected chi connectivity index (χ3v) is 6.84. The second-order valence-corrected chi connectivity index (χ2v) is 9.64. The molecule has 7 heteroatoms. The molecule has 0 fully saturated rings. The van der Waals surface area contributed by atoms with Gasteiger partial charge in [-0.05, 0) is 86.1 Å². The number of hydrogen-bond donors (Lipinski definition) is 2. The van der Waals surface area contributed by atoms with Gasteiger partial charge in [-0.25, -0.2) is 14.1 Å². The zero-order valence-corrected chi connectivity index (χ0v) is 17.1. The summed E-state index contributed by atoms with van der Waals surface area (Å²) < 4.78 is 16.7. The maximum atomic E-state index is 12.9. The summed E-state index contributed by atoms with van der Waals surface area (Å²) in [6.07, 6.45) is 5.13. The molecule has 0 saturated carbocycles. The molecule has 2 aliphatic rings. The number of nitrogens with zero attached hydrogens (tertiary/aromatic N) is 2. The second kappa shape index (κ2) is 7.31. The lowest BCUT2D eigenvalue weighted by Gasteiger charge is -2.25. The molecule has 148 valence electrons. The van der Waals surface area contributed by atoms with Crippen LogP contribution in [0.3, 0.4) is 0 Å². The molecule has 3 N–H and O–H groups in total. The number of benzene rings is 2. The van der Waals surface area contributed by atoms with Crippen molar-refractivity contribution in [2.45, 2.75) is 43.5 Å². The quantitative estimate of drug-likeness (QED) is 0.828. The highest BCUT2D eigenvalue weighted by Crippen LogP contribution is 2.39. The molecule has 0 aromatic heterocycles. The molecule has 0 aliphatic heterocycles. The van der Waals surface area contributed by atoms with Crippen LogP contribution in [0.2, 0.25) is 0 Å². The van der Waals surface area contributed by atoms with Gasteiger partial charge in [0.1, 0.15) is 9.92 Å². The molecule has 2 amide bonds. The van der Waals surface area contributed by atoms with Gasteiger partial charge < -0.3 is 10.2 Å². The van der Waals surface area contributed by atoms with Gasteiger partial charge in [0.2, 0.25) is 0 Å². The highest BCUT2D eigenvalue weighted by molar-refractivity contribution is 7.91. The van der Waals surface area contributed by atoms with Crippen LogP contribution in [0.15, 0.2) is 39.6 Å². The predicted octanol–water partition coefficient (Wildman–Crippen LogP) is 3.27. The van der Waals surface area contributed by atoms with Crippen molar-refractivity contribution in [1.82, 2.24) is 4.90 Å². The molecule has 4 rings (SSSR count). The Labute approximate surface area is 166 Å². The fourth-order valence-corrected chi connectivity index (χ4v) is 4.98. The van der Waals surface area contributed by atoms with E-state index < -0.39 is 15.9 Å². The van der Waals surface area contributed by atoms with Gasteiger partial charge in [-0.1, -0.05) is 18.2 Å². The van der Waals surface area contributed by atoms with Crippen LogP contribution in [0.5, 0.6) is 0 Å². The number of carbonyl (C=O) groups excluding carboxylic acids is 1. The van der Waals surface area contributed by atoms with Crippen LogP contribution < -0.4 is 10.5 Å². The van der Waals surface area contributed by atoms with E-state index in [0.717, 1.165) is 49.9 Å². The first-order valence-corrected chi connectivity index (χ1v) is 11.2. The molecule has 2 aromatic rings. The van der Waals surface area contributed by atoms with Crippen molar-refractivity contribution in [1.29, 1.82) is 0 Å². The highest BCUT2D eigenvalue weighted by Gasteiger charge is 2.26. The molecule has 2 aliphatic carbocycles. The SMILES string of the molecule is CN(C)Cc1ccc([S@](N)(=O)=NC(=O)Nc2c3c(cc4c2CC4)CCC3)cc1. The number of aryl methyl sites for hydroxylation is 2. The Morgan fingerprint density at radius 1 is 1.11 bits per heavy atom. The Bertz CT molecular complexity index is 1050. The topological polar surface area (TPSA) is 87.8 Å². The average molecular weight is 399 g/mol. The van der Waals surface area contributed by atoms with Crippen molar-refractivity contribution in [2.24, 2.45) is 9.50 Å². The van der Waals surface area contributed by atoms with Crippen LogP contribution in [-0.2, 0) is 42.1 Å². The molecule has 0 unspecified atom stereocenters. The van der Waals surface area contributed by atoms with Crippen LogP contribution >= 0.6 is 0 Å². The molecular formula is C21H26N4O2S. The summed E-state index contributed by atoms with van der Waals surface area (Å²) in [4.78, 5) is 15.0. The lowest BCUT2D eigenvalue weighted by atomic mass is 9.83.